The van der Waals surface area contributed by atoms with Gasteiger partial charge in [-0.15, -0.1) is 0 Å². The highest BCUT2D eigenvalue weighted by Crippen LogP contribution is 2.22. The van der Waals surface area contributed by atoms with Crippen molar-refractivity contribution in [3.63, 3.8) is 0 Å². The van der Waals surface area contributed by atoms with Crippen molar-refractivity contribution in [2.75, 3.05) is 24.5 Å². The van der Waals surface area contributed by atoms with Gasteiger partial charge in [-0.3, -0.25) is 4.79 Å². The second-order valence-corrected chi connectivity index (χ2v) is 6.42. The second-order valence-electron chi connectivity index (χ2n) is 6.42. The van der Waals surface area contributed by atoms with Crippen molar-refractivity contribution in [3.05, 3.63) is 24.3 Å². The van der Waals surface area contributed by atoms with Gasteiger partial charge in [-0.25, -0.2) is 0 Å². The number of ether oxygens (including phenoxy) is 1. The number of nitrogens with one attached hydrogen (secondary N) is 1. The third kappa shape index (κ3) is 4.93. The van der Waals surface area contributed by atoms with Crippen molar-refractivity contribution in [2.45, 2.75) is 38.8 Å². The Bertz CT molecular complexity index is 479. The van der Waals surface area contributed by atoms with Crippen molar-refractivity contribution >= 4 is 11.7 Å². The maximum Gasteiger partial charge on any atom is 0.320 e. The Morgan fingerprint density at radius 2 is 2.05 bits per heavy atom. The van der Waals surface area contributed by atoms with Gasteiger partial charge >= 0.3 is 5.97 Å². The van der Waals surface area contributed by atoms with Gasteiger partial charge in [0, 0.05) is 24.8 Å². The number of phenols is 1. The molecule has 0 amide bonds. The second kappa shape index (κ2) is 6.35. The Hall–Kier alpha value is -1.75. The predicted molar refractivity (Wildman–Crippen MR) is 82.6 cm³/mol. The Balaban J connectivity index is 1.78. The topological polar surface area (TPSA) is 61.8 Å². The molecule has 1 fully saturated rings. The lowest BCUT2D eigenvalue weighted by atomic mass is 10.2. The van der Waals surface area contributed by atoms with Crippen molar-refractivity contribution in [3.8, 4) is 5.75 Å². The molecule has 1 saturated heterocycles. The van der Waals surface area contributed by atoms with Crippen LogP contribution in [0.5, 0.6) is 5.75 Å². The lowest BCUT2D eigenvalue weighted by Crippen LogP contribution is -2.38. The van der Waals surface area contributed by atoms with E-state index in [2.05, 4.69) is 10.2 Å². The summed E-state index contributed by atoms with van der Waals surface area (Å²) >= 11 is 0. The summed E-state index contributed by atoms with van der Waals surface area (Å²) in [4.78, 5) is 13.9. The molecule has 116 valence electrons. The van der Waals surface area contributed by atoms with E-state index in [4.69, 9.17) is 4.74 Å². The van der Waals surface area contributed by atoms with E-state index in [0.717, 1.165) is 25.2 Å². The summed E-state index contributed by atoms with van der Waals surface area (Å²) in [6, 6.07) is 7.48. The molecule has 0 aromatic heterocycles. The van der Waals surface area contributed by atoms with E-state index in [0.29, 0.717) is 0 Å². The fourth-order valence-electron chi connectivity index (χ4n) is 2.43. The molecule has 1 aliphatic heterocycles. The van der Waals surface area contributed by atoms with E-state index in [-0.39, 0.29) is 24.3 Å². The molecule has 1 aromatic rings. The zero-order chi connectivity index (χ0) is 15.5. The van der Waals surface area contributed by atoms with Crippen molar-refractivity contribution < 1.29 is 14.6 Å². The third-order valence-corrected chi connectivity index (χ3v) is 3.36. The lowest BCUT2D eigenvalue weighted by molar-refractivity contribution is -0.153. The van der Waals surface area contributed by atoms with Gasteiger partial charge in [0.15, 0.2) is 0 Å². The van der Waals surface area contributed by atoms with Gasteiger partial charge in [-0.05, 0) is 51.5 Å². The molecule has 2 rings (SSSR count). The van der Waals surface area contributed by atoms with E-state index in [1.54, 1.807) is 12.1 Å². The monoisotopic (exact) mass is 292 g/mol. The molecular weight excluding hydrogens is 268 g/mol. The summed E-state index contributed by atoms with van der Waals surface area (Å²) in [5.74, 6) is 0.0585. The molecular formula is C16H24N2O3. The van der Waals surface area contributed by atoms with Gasteiger partial charge in [-0.1, -0.05) is 0 Å². The number of anilines is 1. The van der Waals surface area contributed by atoms with Gasteiger partial charge in [-0.2, -0.15) is 0 Å². The van der Waals surface area contributed by atoms with Crippen molar-refractivity contribution in [2.24, 2.45) is 0 Å². The first-order chi connectivity index (χ1) is 9.83. The van der Waals surface area contributed by atoms with Crippen molar-refractivity contribution in [1.82, 2.24) is 5.32 Å². The summed E-state index contributed by atoms with van der Waals surface area (Å²) in [5, 5.41) is 12.6. The normalized spacial score (nSPS) is 18.8. The van der Waals surface area contributed by atoms with Crippen LogP contribution in [0.2, 0.25) is 0 Å². The zero-order valence-corrected chi connectivity index (χ0v) is 12.9. The Morgan fingerprint density at radius 3 is 2.67 bits per heavy atom. The number of esters is 1. The molecule has 1 atom stereocenters. The van der Waals surface area contributed by atoms with Crippen LogP contribution in [0.25, 0.3) is 0 Å². The van der Waals surface area contributed by atoms with Crippen LogP contribution in [-0.2, 0) is 9.53 Å². The standard InChI is InChI=1S/C16H24N2O3/c1-16(2,3)21-15(20)10-17-12-8-9-18(11-12)13-4-6-14(19)7-5-13/h4-7,12,17,19H,8-11H2,1-3H3/t12-/m1/s1. The summed E-state index contributed by atoms with van der Waals surface area (Å²) in [5.41, 5.74) is 0.654. The molecule has 0 spiro atoms. The first-order valence-electron chi connectivity index (χ1n) is 7.33. The van der Waals surface area contributed by atoms with Gasteiger partial charge in [0.05, 0.1) is 6.54 Å². The number of phenolic OH excluding ortho intramolecular Hbond substituents is 1. The first-order valence-corrected chi connectivity index (χ1v) is 7.33. The summed E-state index contributed by atoms with van der Waals surface area (Å²) in [6.45, 7) is 7.64. The molecule has 5 heteroatoms. The van der Waals surface area contributed by atoms with Crippen LogP contribution in [0.15, 0.2) is 24.3 Å². The number of hydrogen-bond donors (Lipinski definition) is 2. The summed E-state index contributed by atoms with van der Waals surface area (Å²) in [7, 11) is 0. The number of rotatable bonds is 4. The first kappa shape index (κ1) is 15.6. The quantitative estimate of drug-likeness (QED) is 0.830. The fourth-order valence-corrected chi connectivity index (χ4v) is 2.43. The van der Waals surface area contributed by atoms with E-state index in [9.17, 15) is 9.90 Å². The predicted octanol–water partition coefficient (Wildman–Crippen LogP) is 1.90. The van der Waals surface area contributed by atoms with Gasteiger partial charge in [0.25, 0.3) is 0 Å². The molecule has 0 saturated carbocycles. The molecule has 0 aliphatic carbocycles. The van der Waals surface area contributed by atoms with Crippen LogP contribution < -0.4 is 10.2 Å². The maximum absolute atomic E-state index is 11.7. The number of carbonyl (C=O) groups is 1. The molecule has 0 bridgehead atoms. The number of nitrogens with zero attached hydrogens (tertiary/aromatic N) is 1. The zero-order valence-electron chi connectivity index (χ0n) is 12.9. The Labute approximate surface area is 125 Å². The van der Waals surface area contributed by atoms with E-state index < -0.39 is 5.60 Å². The van der Waals surface area contributed by atoms with E-state index in [1.807, 2.05) is 32.9 Å². The Morgan fingerprint density at radius 1 is 1.38 bits per heavy atom. The number of benzene rings is 1. The smallest absolute Gasteiger partial charge is 0.320 e. The van der Waals surface area contributed by atoms with Gasteiger partial charge in [0.2, 0.25) is 0 Å². The van der Waals surface area contributed by atoms with E-state index in [1.165, 1.54) is 0 Å². The number of aromatic hydroxyl groups is 1. The maximum atomic E-state index is 11.7. The van der Waals surface area contributed by atoms with Crippen LogP contribution in [-0.4, -0.2) is 42.4 Å². The highest BCUT2D eigenvalue weighted by molar-refractivity contribution is 5.72. The summed E-state index contributed by atoms with van der Waals surface area (Å²) < 4.78 is 5.28. The van der Waals surface area contributed by atoms with Crippen LogP contribution >= 0.6 is 0 Å². The highest BCUT2D eigenvalue weighted by atomic mass is 16.6. The molecule has 1 aromatic carbocycles. The largest absolute Gasteiger partial charge is 0.508 e. The molecule has 1 heterocycles. The van der Waals surface area contributed by atoms with Crippen LogP contribution in [0.1, 0.15) is 27.2 Å². The van der Waals surface area contributed by atoms with E-state index >= 15 is 0 Å². The SMILES string of the molecule is CC(C)(C)OC(=O)CN[C@@H]1CCN(c2ccc(O)cc2)C1. The fraction of sp³-hybridized carbons (Fsp3) is 0.562. The van der Waals surface area contributed by atoms with Gasteiger partial charge < -0.3 is 20.1 Å². The molecule has 21 heavy (non-hydrogen) atoms. The minimum Gasteiger partial charge on any atom is -0.508 e. The van der Waals surface area contributed by atoms with Crippen LogP contribution in [0.3, 0.4) is 0 Å². The Kier molecular flexibility index (Phi) is 4.73. The van der Waals surface area contributed by atoms with Gasteiger partial charge in [0.1, 0.15) is 11.4 Å². The number of carbonyl (C=O) groups excluding carboxylic acids is 1. The minimum absolute atomic E-state index is 0.217. The minimum atomic E-state index is -0.438. The molecule has 2 N–H and O–H groups in total. The number of hydrogen-bond acceptors (Lipinski definition) is 5. The average molecular weight is 292 g/mol. The molecule has 0 unspecified atom stereocenters. The molecule has 1 aliphatic rings. The molecule has 0 radical (unpaired) electrons. The average Bonchev–Trinajstić information content (AvgIpc) is 2.84. The molecule has 5 nitrogen and oxygen atoms in total. The highest BCUT2D eigenvalue weighted by Gasteiger charge is 2.24. The third-order valence-electron chi connectivity index (χ3n) is 3.36. The van der Waals surface area contributed by atoms with Crippen LogP contribution in [0.4, 0.5) is 5.69 Å². The lowest BCUT2D eigenvalue weighted by Gasteiger charge is -2.21. The van der Waals surface area contributed by atoms with Crippen molar-refractivity contribution in [1.29, 1.82) is 0 Å². The van der Waals surface area contributed by atoms with Crippen LogP contribution in [0, 0.1) is 0 Å². The summed E-state index contributed by atoms with van der Waals surface area (Å²) in [6.07, 6.45) is 0.990.